The van der Waals surface area contributed by atoms with Crippen molar-refractivity contribution in [2.45, 2.75) is 45.6 Å². The number of nitrogens with two attached hydrogens (primary N) is 1. The molecular formula is C15H22N2O2. The van der Waals surface area contributed by atoms with Crippen LogP contribution in [0.25, 0.3) is 0 Å². The van der Waals surface area contributed by atoms with Gasteiger partial charge in [-0.25, -0.2) is 0 Å². The first-order valence-electron chi connectivity index (χ1n) is 6.79. The van der Waals surface area contributed by atoms with Crippen molar-refractivity contribution in [3.8, 4) is 5.75 Å². The zero-order valence-electron chi connectivity index (χ0n) is 11.6. The standard InChI is InChI=1S/C15H22N2O2/c1-15(2)8-4-3-5-13(15)17-14(19)11-9-10(18)6-7-12(11)16/h6-7,9,13,18H,3-5,8,16H2,1-2H3,(H,17,19). The fourth-order valence-electron chi connectivity index (χ4n) is 2.74. The van der Waals surface area contributed by atoms with Gasteiger partial charge in [-0.1, -0.05) is 26.7 Å². The molecule has 4 nitrogen and oxygen atoms in total. The third-order valence-electron chi connectivity index (χ3n) is 4.09. The molecule has 1 aromatic carbocycles. The smallest absolute Gasteiger partial charge is 0.253 e. The second-order valence-corrected chi connectivity index (χ2v) is 6.03. The predicted octanol–water partition coefficient (Wildman–Crippen LogP) is 2.67. The fraction of sp³-hybridized carbons (Fsp3) is 0.533. The molecular weight excluding hydrogens is 240 g/mol. The molecule has 0 saturated heterocycles. The number of carbonyl (C=O) groups excluding carboxylic acids is 1. The Labute approximate surface area is 114 Å². The van der Waals surface area contributed by atoms with Crippen molar-refractivity contribution in [2.75, 3.05) is 5.73 Å². The minimum atomic E-state index is -0.201. The van der Waals surface area contributed by atoms with Crippen LogP contribution in [-0.4, -0.2) is 17.1 Å². The summed E-state index contributed by atoms with van der Waals surface area (Å²) < 4.78 is 0. The van der Waals surface area contributed by atoms with E-state index >= 15 is 0 Å². The number of aromatic hydroxyl groups is 1. The highest BCUT2D eigenvalue weighted by Gasteiger charge is 2.33. The number of nitrogen functional groups attached to an aromatic ring is 1. The second kappa shape index (κ2) is 5.11. The molecule has 1 fully saturated rings. The molecule has 0 aliphatic heterocycles. The molecule has 1 aromatic rings. The molecule has 19 heavy (non-hydrogen) atoms. The summed E-state index contributed by atoms with van der Waals surface area (Å²) in [6.07, 6.45) is 4.47. The van der Waals surface area contributed by atoms with Crippen LogP contribution in [0.2, 0.25) is 0 Å². The second-order valence-electron chi connectivity index (χ2n) is 6.03. The first kappa shape index (κ1) is 13.7. The van der Waals surface area contributed by atoms with Gasteiger partial charge in [0.05, 0.1) is 5.56 Å². The van der Waals surface area contributed by atoms with Crippen LogP contribution in [0.4, 0.5) is 5.69 Å². The third kappa shape index (κ3) is 3.00. The lowest BCUT2D eigenvalue weighted by atomic mass is 9.73. The number of carbonyl (C=O) groups is 1. The summed E-state index contributed by atoms with van der Waals surface area (Å²) in [7, 11) is 0. The molecule has 0 spiro atoms. The number of hydrogen-bond donors (Lipinski definition) is 3. The van der Waals surface area contributed by atoms with Crippen molar-refractivity contribution in [3.63, 3.8) is 0 Å². The van der Waals surface area contributed by atoms with Gasteiger partial charge < -0.3 is 16.2 Å². The van der Waals surface area contributed by atoms with E-state index in [0.29, 0.717) is 11.3 Å². The number of amides is 1. The Hall–Kier alpha value is -1.71. The lowest BCUT2D eigenvalue weighted by molar-refractivity contribution is 0.0854. The summed E-state index contributed by atoms with van der Waals surface area (Å²) in [6.45, 7) is 4.37. The lowest BCUT2D eigenvalue weighted by Crippen LogP contribution is -2.46. The van der Waals surface area contributed by atoms with Gasteiger partial charge >= 0.3 is 0 Å². The van der Waals surface area contributed by atoms with Crippen LogP contribution in [0.1, 0.15) is 49.9 Å². The van der Waals surface area contributed by atoms with Crippen molar-refractivity contribution in [1.29, 1.82) is 0 Å². The number of phenolic OH excluding ortho intramolecular Hbond substituents is 1. The quantitative estimate of drug-likeness (QED) is 0.566. The maximum atomic E-state index is 12.3. The molecule has 2 rings (SSSR count). The van der Waals surface area contributed by atoms with E-state index in [9.17, 15) is 9.90 Å². The summed E-state index contributed by atoms with van der Waals surface area (Å²) in [5, 5.41) is 12.5. The van der Waals surface area contributed by atoms with Crippen LogP contribution >= 0.6 is 0 Å². The fourth-order valence-corrected chi connectivity index (χ4v) is 2.74. The highest BCUT2D eigenvalue weighted by molar-refractivity contribution is 5.99. The minimum absolute atomic E-state index is 0.0576. The minimum Gasteiger partial charge on any atom is -0.508 e. The molecule has 0 heterocycles. The maximum Gasteiger partial charge on any atom is 0.253 e. The Bertz CT molecular complexity index is 483. The van der Waals surface area contributed by atoms with Gasteiger partial charge in [0.25, 0.3) is 5.91 Å². The Balaban J connectivity index is 2.14. The molecule has 1 unspecified atom stereocenters. The number of phenols is 1. The van der Waals surface area contributed by atoms with E-state index in [1.54, 1.807) is 6.07 Å². The van der Waals surface area contributed by atoms with Gasteiger partial charge in [-0.2, -0.15) is 0 Å². The largest absolute Gasteiger partial charge is 0.508 e. The monoisotopic (exact) mass is 262 g/mol. The van der Waals surface area contributed by atoms with E-state index in [0.717, 1.165) is 19.3 Å². The zero-order chi connectivity index (χ0) is 14.0. The highest BCUT2D eigenvalue weighted by Crippen LogP contribution is 2.35. The van der Waals surface area contributed by atoms with Gasteiger partial charge in [-0.15, -0.1) is 0 Å². The Morgan fingerprint density at radius 1 is 1.42 bits per heavy atom. The van der Waals surface area contributed by atoms with E-state index in [4.69, 9.17) is 5.73 Å². The average Bonchev–Trinajstić information content (AvgIpc) is 2.34. The van der Waals surface area contributed by atoms with E-state index < -0.39 is 0 Å². The molecule has 0 radical (unpaired) electrons. The summed E-state index contributed by atoms with van der Waals surface area (Å²) in [5.74, 6) is -0.143. The van der Waals surface area contributed by atoms with Gasteiger partial charge in [0.1, 0.15) is 5.75 Å². The predicted molar refractivity (Wildman–Crippen MR) is 76.0 cm³/mol. The summed E-state index contributed by atoms with van der Waals surface area (Å²) in [4.78, 5) is 12.3. The van der Waals surface area contributed by atoms with Crippen molar-refractivity contribution in [2.24, 2.45) is 5.41 Å². The molecule has 1 saturated carbocycles. The van der Waals surface area contributed by atoms with Gasteiger partial charge in [-0.05, 0) is 36.5 Å². The van der Waals surface area contributed by atoms with Crippen LogP contribution in [0, 0.1) is 5.41 Å². The molecule has 104 valence electrons. The number of rotatable bonds is 2. The summed E-state index contributed by atoms with van der Waals surface area (Å²) in [5.41, 5.74) is 6.64. The molecule has 1 aliphatic rings. The summed E-state index contributed by atoms with van der Waals surface area (Å²) in [6, 6.07) is 4.61. The SMILES string of the molecule is CC1(C)CCCCC1NC(=O)c1cc(O)ccc1N. The first-order chi connectivity index (χ1) is 8.90. The summed E-state index contributed by atoms with van der Waals surface area (Å²) >= 11 is 0. The van der Waals surface area contributed by atoms with Gasteiger partial charge in [0.15, 0.2) is 0 Å². The normalized spacial score (nSPS) is 21.9. The average molecular weight is 262 g/mol. The van der Waals surface area contributed by atoms with E-state index in [1.165, 1.54) is 18.6 Å². The number of nitrogens with one attached hydrogen (secondary N) is 1. The van der Waals surface area contributed by atoms with E-state index in [1.807, 2.05) is 0 Å². The number of benzene rings is 1. The van der Waals surface area contributed by atoms with Crippen LogP contribution in [0.5, 0.6) is 5.75 Å². The van der Waals surface area contributed by atoms with Crippen LogP contribution in [0.15, 0.2) is 18.2 Å². The number of hydrogen-bond acceptors (Lipinski definition) is 3. The Morgan fingerprint density at radius 3 is 2.84 bits per heavy atom. The van der Waals surface area contributed by atoms with Gasteiger partial charge in [-0.3, -0.25) is 4.79 Å². The van der Waals surface area contributed by atoms with E-state index in [-0.39, 0.29) is 23.1 Å². The van der Waals surface area contributed by atoms with Crippen molar-refractivity contribution in [3.05, 3.63) is 23.8 Å². The molecule has 1 amide bonds. The van der Waals surface area contributed by atoms with Crippen LogP contribution in [0.3, 0.4) is 0 Å². The van der Waals surface area contributed by atoms with Crippen molar-refractivity contribution >= 4 is 11.6 Å². The van der Waals surface area contributed by atoms with Crippen LogP contribution < -0.4 is 11.1 Å². The van der Waals surface area contributed by atoms with Crippen molar-refractivity contribution < 1.29 is 9.90 Å². The Morgan fingerprint density at radius 2 is 2.16 bits per heavy atom. The van der Waals surface area contributed by atoms with Crippen molar-refractivity contribution in [1.82, 2.24) is 5.32 Å². The lowest BCUT2D eigenvalue weighted by Gasteiger charge is -2.39. The van der Waals surface area contributed by atoms with E-state index in [2.05, 4.69) is 19.2 Å². The topological polar surface area (TPSA) is 75.3 Å². The molecule has 1 atom stereocenters. The molecule has 4 N–H and O–H groups in total. The third-order valence-corrected chi connectivity index (χ3v) is 4.09. The first-order valence-corrected chi connectivity index (χ1v) is 6.79. The number of anilines is 1. The molecule has 0 bridgehead atoms. The van der Waals surface area contributed by atoms with Crippen LogP contribution in [-0.2, 0) is 0 Å². The van der Waals surface area contributed by atoms with Gasteiger partial charge in [0, 0.05) is 11.7 Å². The zero-order valence-corrected chi connectivity index (χ0v) is 11.6. The molecule has 0 aromatic heterocycles. The maximum absolute atomic E-state index is 12.3. The molecule has 4 heteroatoms. The molecule has 1 aliphatic carbocycles. The Kier molecular flexibility index (Phi) is 3.69. The van der Waals surface area contributed by atoms with Gasteiger partial charge in [0.2, 0.25) is 0 Å². The highest BCUT2D eigenvalue weighted by atomic mass is 16.3.